The zero-order chi connectivity index (χ0) is 9.56. The molecule has 12 heavy (non-hydrogen) atoms. The van der Waals surface area contributed by atoms with Gasteiger partial charge < -0.3 is 15.8 Å². The van der Waals surface area contributed by atoms with Crippen LogP contribution in [0.3, 0.4) is 0 Å². The Morgan fingerprint density at radius 1 is 1.25 bits per heavy atom. The molecule has 0 fully saturated rings. The molecule has 0 aliphatic carbocycles. The molecule has 0 heterocycles. The third kappa shape index (κ3) is 5.52. The maximum Gasteiger partial charge on any atom is 0.0667 e. The van der Waals surface area contributed by atoms with E-state index in [1.54, 1.807) is 7.11 Å². The molecule has 2 unspecified atom stereocenters. The standard InChI is InChI=1S/C9H22N2O/c1-7(2)9(10)6-11-5-8(3)12-4/h7-9,11H,5-6,10H2,1-4H3. The monoisotopic (exact) mass is 174 g/mol. The Labute approximate surface area is 75.7 Å². The number of nitrogens with one attached hydrogen (secondary N) is 1. The first kappa shape index (κ1) is 11.9. The number of rotatable bonds is 6. The molecule has 0 aromatic rings. The van der Waals surface area contributed by atoms with Crippen molar-refractivity contribution in [2.45, 2.75) is 32.9 Å². The first-order valence-corrected chi connectivity index (χ1v) is 4.57. The van der Waals surface area contributed by atoms with E-state index in [0.29, 0.717) is 5.92 Å². The normalized spacial score (nSPS) is 16.5. The average Bonchev–Trinajstić information content (AvgIpc) is 2.03. The second kappa shape index (κ2) is 6.40. The van der Waals surface area contributed by atoms with E-state index in [-0.39, 0.29) is 12.1 Å². The van der Waals surface area contributed by atoms with Gasteiger partial charge in [-0.3, -0.25) is 0 Å². The molecule has 0 saturated carbocycles. The van der Waals surface area contributed by atoms with Crippen molar-refractivity contribution in [3.8, 4) is 0 Å². The summed E-state index contributed by atoms with van der Waals surface area (Å²) in [4.78, 5) is 0. The van der Waals surface area contributed by atoms with Crippen molar-refractivity contribution in [2.24, 2.45) is 11.7 Å². The smallest absolute Gasteiger partial charge is 0.0667 e. The molecular formula is C9H22N2O. The van der Waals surface area contributed by atoms with Crippen molar-refractivity contribution in [3.63, 3.8) is 0 Å². The van der Waals surface area contributed by atoms with Gasteiger partial charge >= 0.3 is 0 Å². The van der Waals surface area contributed by atoms with Gasteiger partial charge in [0.2, 0.25) is 0 Å². The molecule has 0 aromatic carbocycles. The van der Waals surface area contributed by atoms with Gasteiger partial charge in [-0.2, -0.15) is 0 Å². The number of nitrogens with two attached hydrogens (primary N) is 1. The van der Waals surface area contributed by atoms with Crippen LogP contribution in [0.1, 0.15) is 20.8 Å². The lowest BCUT2D eigenvalue weighted by atomic mass is 10.1. The minimum absolute atomic E-state index is 0.244. The van der Waals surface area contributed by atoms with Crippen LogP contribution in [0.4, 0.5) is 0 Å². The summed E-state index contributed by atoms with van der Waals surface area (Å²) < 4.78 is 5.09. The summed E-state index contributed by atoms with van der Waals surface area (Å²) in [6.45, 7) is 8.04. The van der Waals surface area contributed by atoms with Crippen LogP contribution in [0, 0.1) is 5.92 Å². The predicted octanol–water partition coefficient (Wildman–Crippen LogP) is 0.594. The zero-order valence-electron chi connectivity index (χ0n) is 8.63. The molecule has 3 N–H and O–H groups in total. The lowest BCUT2D eigenvalue weighted by molar-refractivity contribution is 0.116. The Kier molecular flexibility index (Phi) is 6.34. The average molecular weight is 174 g/mol. The van der Waals surface area contributed by atoms with Gasteiger partial charge in [0.25, 0.3) is 0 Å². The molecule has 0 aromatic heterocycles. The van der Waals surface area contributed by atoms with Crippen molar-refractivity contribution in [2.75, 3.05) is 20.2 Å². The molecule has 0 aliphatic heterocycles. The Bertz CT molecular complexity index is 107. The molecular weight excluding hydrogens is 152 g/mol. The summed E-state index contributed by atoms with van der Waals surface area (Å²) in [6, 6.07) is 0.244. The highest BCUT2D eigenvalue weighted by Gasteiger charge is 2.07. The fourth-order valence-electron chi connectivity index (χ4n) is 0.772. The van der Waals surface area contributed by atoms with Crippen molar-refractivity contribution in [3.05, 3.63) is 0 Å². The van der Waals surface area contributed by atoms with Crippen LogP contribution in [0.25, 0.3) is 0 Å². The van der Waals surface area contributed by atoms with Crippen molar-refractivity contribution in [1.29, 1.82) is 0 Å². The minimum Gasteiger partial charge on any atom is -0.380 e. The summed E-state index contributed by atoms with van der Waals surface area (Å²) in [7, 11) is 1.72. The van der Waals surface area contributed by atoms with Crippen LogP contribution < -0.4 is 11.1 Å². The maximum atomic E-state index is 5.84. The molecule has 0 radical (unpaired) electrons. The molecule has 2 atom stereocenters. The van der Waals surface area contributed by atoms with Gasteiger partial charge in [-0.15, -0.1) is 0 Å². The van der Waals surface area contributed by atoms with E-state index >= 15 is 0 Å². The second-order valence-corrected chi connectivity index (χ2v) is 3.61. The zero-order valence-corrected chi connectivity index (χ0v) is 8.63. The highest BCUT2D eigenvalue weighted by atomic mass is 16.5. The largest absolute Gasteiger partial charge is 0.380 e. The fourth-order valence-corrected chi connectivity index (χ4v) is 0.772. The first-order valence-electron chi connectivity index (χ1n) is 4.57. The van der Waals surface area contributed by atoms with E-state index in [9.17, 15) is 0 Å². The van der Waals surface area contributed by atoms with Crippen LogP contribution in [-0.4, -0.2) is 32.3 Å². The van der Waals surface area contributed by atoms with Gasteiger partial charge in [0, 0.05) is 26.2 Å². The molecule has 0 aliphatic rings. The van der Waals surface area contributed by atoms with Crippen LogP contribution in [-0.2, 0) is 4.74 Å². The topological polar surface area (TPSA) is 47.3 Å². The third-order valence-corrected chi connectivity index (χ3v) is 2.07. The first-order chi connectivity index (χ1) is 5.57. The van der Waals surface area contributed by atoms with E-state index in [0.717, 1.165) is 13.1 Å². The van der Waals surface area contributed by atoms with Crippen molar-refractivity contribution < 1.29 is 4.74 Å². The SMILES string of the molecule is COC(C)CNCC(N)C(C)C. The van der Waals surface area contributed by atoms with Crippen LogP contribution >= 0.6 is 0 Å². The number of hydrogen-bond donors (Lipinski definition) is 2. The van der Waals surface area contributed by atoms with Crippen LogP contribution in [0.5, 0.6) is 0 Å². The van der Waals surface area contributed by atoms with Gasteiger partial charge in [0.15, 0.2) is 0 Å². The Morgan fingerprint density at radius 2 is 1.83 bits per heavy atom. The quantitative estimate of drug-likeness (QED) is 0.619. The number of methoxy groups -OCH3 is 1. The minimum atomic E-state index is 0.244. The van der Waals surface area contributed by atoms with E-state index in [1.807, 2.05) is 6.92 Å². The van der Waals surface area contributed by atoms with Gasteiger partial charge in [-0.05, 0) is 12.8 Å². The molecule has 0 amide bonds. The molecule has 3 heteroatoms. The molecule has 74 valence electrons. The third-order valence-electron chi connectivity index (χ3n) is 2.07. The van der Waals surface area contributed by atoms with Crippen molar-refractivity contribution >= 4 is 0 Å². The van der Waals surface area contributed by atoms with Gasteiger partial charge in [-0.1, -0.05) is 13.8 Å². The molecule has 0 rings (SSSR count). The maximum absolute atomic E-state index is 5.84. The Hall–Kier alpha value is -0.120. The molecule has 3 nitrogen and oxygen atoms in total. The lowest BCUT2D eigenvalue weighted by Crippen LogP contribution is -2.40. The van der Waals surface area contributed by atoms with Gasteiger partial charge in [-0.25, -0.2) is 0 Å². The second-order valence-electron chi connectivity index (χ2n) is 3.61. The van der Waals surface area contributed by atoms with E-state index in [4.69, 9.17) is 10.5 Å². The highest BCUT2D eigenvalue weighted by Crippen LogP contribution is 1.96. The van der Waals surface area contributed by atoms with Crippen LogP contribution in [0.15, 0.2) is 0 Å². The summed E-state index contributed by atoms with van der Waals surface area (Å²) in [5.74, 6) is 0.537. The summed E-state index contributed by atoms with van der Waals surface area (Å²) >= 11 is 0. The summed E-state index contributed by atoms with van der Waals surface area (Å²) in [5.41, 5.74) is 5.84. The molecule has 0 bridgehead atoms. The number of ether oxygens (including phenoxy) is 1. The summed E-state index contributed by atoms with van der Waals surface area (Å²) in [6.07, 6.45) is 0.268. The summed E-state index contributed by atoms with van der Waals surface area (Å²) in [5, 5.41) is 3.27. The predicted molar refractivity (Wildman–Crippen MR) is 52.2 cm³/mol. The van der Waals surface area contributed by atoms with Crippen LogP contribution in [0.2, 0.25) is 0 Å². The van der Waals surface area contributed by atoms with E-state index < -0.39 is 0 Å². The van der Waals surface area contributed by atoms with Gasteiger partial charge in [0.1, 0.15) is 0 Å². The number of hydrogen-bond acceptors (Lipinski definition) is 3. The fraction of sp³-hybridized carbons (Fsp3) is 1.00. The van der Waals surface area contributed by atoms with E-state index in [1.165, 1.54) is 0 Å². The molecule has 0 spiro atoms. The van der Waals surface area contributed by atoms with Gasteiger partial charge in [0.05, 0.1) is 6.10 Å². The molecule has 0 saturated heterocycles. The van der Waals surface area contributed by atoms with Crippen molar-refractivity contribution in [1.82, 2.24) is 5.32 Å². The highest BCUT2D eigenvalue weighted by molar-refractivity contribution is 4.68. The lowest BCUT2D eigenvalue weighted by Gasteiger charge is -2.17. The Balaban J connectivity index is 3.30. The Morgan fingerprint density at radius 3 is 2.25 bits per heavy atom. The van der Waals surface area contributed by atoms with E-state index in [2.05, 4.69) is 19.2 Å².